The summed E-state index contributed by atoms with van der Waals surface area (Å²) >= 11 is 1.45. The van der Waals surface area contributed by atoms with Crippen LogP contribution in [0, 0.1) is 5.92 Å². The summed E-state index contributed by atoms with van der Waals surface area (Å²) in [5.74, 6) is -2.14. The van der Waals surface area contributed by atoms with Crippen LogP contribution in [0.15, 0.2) is 66.1 Å². The third-order valence-corrected chi connectivity index (χ3v) is 13.7. The van der Waals surface area contributed by atoms with Gasteiger partial charge < -0.3 is 40.7 Å². The number of fused-ring (bicyclic) bond motifs is 3. The largest absolute Gasteiger partial charge is 0.497 e. The van der Waals surface area contributed by atoms with Crippen molar-refractivity contribution < 1.29 is 43.3 Å². The lowest BCUT2D eigenvalue weighted by atomic mass is 9.79. The molecule has 67 heavy (non-hydrogen) atoms. The van der Waals surface area contributed by atoms with E-state index < -0.39 is 65.9 Å². The number of nitrogens with zero attached hydrogens (tertiary/aromatic N) is 4. The molecule has 5 atom stereocenters. The summed E-state index contributed by atoms with van der Waals surface area (Å²) in [4.78, 5) is 94.8. The molecule has 5 N–H and O–H groups in total. The van der Waals surface area contributed by atoms with E-state index in [4.69, 9.17) is 19.4 Å². The van der Waals surface area contributed by atoms with Crippen molar-refractivity contribution in [2.24, 2.45) is 5.92 Å². The molecule has 0 unspecified atom stereocenters. The fourth-order valence-electron chi connectivity index (χ4n) is 9.18. The number of anilines is 1. The molecule has 354 valence electrons. The van der Waals surface area contributed by atoms with Gasteiger partial charge in [0, 0.05) is 41.9 Å². The van der Waals surface area contributed by atoms with Gasteiger partial charge >= 0.3 is 12.0 Å². The smallest absolute Gasteiger partial charge is 0.326 e. The monoisotopic (exact) mass is 934 g/mol. The number of thiazole rings is 1. The first-order valence-electron chi connectivity index (χ1n) is 23.3. The number of methoxy groups -OCH3 is 1. The number of carbonyl (C=O) groups is 6. The van der Waals surface area contributed by atoms with E-state index in [9.17, 15) is 33.9 Å². The molecule has 18 heteroatoms. The van der Waals surface area contributed by atoms with Crippen LogP contribution in [-0.2, 0) is 14.4 Å². The number of hydrogen-bond acceptors (Lipinski definition) is 12. The Kier molecular flexibility index (Phi) is 14.7. The SMILES string of the molecule is COc1ccc2c(O[C@@H]3C[C@H]4C(=O)N[C@H](C(=O)O)CCC=CCCCCC[C@H](NC(=O)N[C@H](CN5C(=O)c6ccccc6C5=O)C5CCC5)C(=O)N4C3)cc(-c3csc(NC(C)C)n3)nc2c1. The average Bonchev–Trinajstić information content (AvgIpc) is 4.00. The van der Waals surface area contributed by atoms with E-state index in [1.54, 1.807) is 49.6 Å². The molecule has 3 aliphatic heterocycles. The number of pyridine rings is 1. The number of imide groups is 1. The van der Waals surface area contributed by atoms with E-state index in [0.717, 1.165) is 43.7 Å². The Hall–Kier alpha value is -6.56. The summed E-state index contributed by atoms with van der Waals surface area (Å²) < 4.78 is 12.3. The molecule has 17 nitrogen and oxygen atoms in total. The Morgan fingerprint density at radius 1 is 0.910 bits per heavy atom. The number of aromatic nitrogens is 2. The molecule has 0 radical (unpaired) electrons. The minimum absolute atomic E-state index is 0.0164. The molecule has 0 spiro atoms. The van der Waals surface area contributed by atoms with E-state index >= 15 is 0 Å². The minimum Gasteiger partial charge on any atom is -0.497 e. The third kappa shape index (κ3) is 10.9. The Balaban J connectivity index is 1.07. The fourth-order valence-corrected chi connectivity index (χ4v) is 10.0. The molecule has 8 rings (SSSR count). The number of carboxylic acids is 1. The summed E-state index contributed by atoms with van der Waals surface area (Å²) in [6, 6.07) is 9.40. The highest BCUT2D eigenvalue weighted by molar-refractivity contribution is 7.14. The number of amides is 6. The minimum atomic E-state index is -1.21. The van der Waals surface area contributed by atoms with E-state index in [-0.39, 0.29) is 44.3 Å². The highest BCUT2D eigenvalue weighted by Gasteiger charge is 2.45. The van der Waals surface area contributed by atoms with Crippen molar-refractivity contribution in [2.45, 2.75) is 121 Å². The number of nitrogens with one attached hydrogen (secondary N) is 4. The molecular weight excluding hydrogens is 877 g/mol. The van der Waals surface area contributed by atoms with Gasteiger partial charge in [-0.05, 0) is 89.0 Å². The number of aliphatic carboxylic acids is 1. The van der Waals surface area contributed by atoms with Crippen molar-refractivity contribution in [3.05, 3.63) is 77.2 Å². The van der Waals surface area contributed by atoms with E-state index in [1.807, 2.05) is 37.4 Å². The molecule has 2 aromatic heterocycles. The summed E-state index contributed by atoms with van der Waals surface area (Å²) in [6.45, 7) is 3.98. The quantitative estimate of drug-likeness (QED) is 0.0756. The first-order valence-corrected chi connectivity index (χ1v) is 24.1. The molecule has 1 aliphatic carbocycles. The van der Waals surface area contributed by atoms with Crippen LogP contribution in [0.3, 0.4) is 0 Å². The van der Waals surface area contributed by atoms with Gasteiger partial charge in [-0.3, -0.25) is 24.1 Å². The lowest BCUT2D eigenvalue weighted by Crippen LogP contribution is -2.58. The zero-order valence-electron chi connectivity index (χ0n) is 38.0. The van der Waals surface area contributed by atoms with Crippen molar-refractivity contribution >= 4 is 63.0 Å². The molecule has 2 fully saturated rings. The zero-order valence-corrected chi connectivity index (χ0v) is 38.8. The summed E-state index contributed by atoms with van der Waals surface area (Å²) in [6.07, 6.45) is 9.55. The van der Waals surface area contributed by atoms with Gasteiger partial charge in [0.15, 0.2) is 5.13 Å². The van der Waals surface area contributed by atoms with Gasteiger partial charge in [0.2, 0.25) is 11.8 Å². The molecule has 1 saturated carbocycles. The van der Waals surface area contributed by atoms with Crippen LogP contribution >= 0.6 is 11.3 Å². The molecule has 6 amide bonds. The topological polar surface area (TPSA) is 221 Å². The van der Waals surface area contributed by atoms with Crippen LogP contribution in [0.25, 0.3) is 22.3 Å². The summed E-state index contributed by atoms with van der Waals surface area (Å²) in [5, 5.41) is 25.4. The maximum Gasteiger partial charge on any atom is 0.326 e. The number of carbonyl (C=O) groups excluding carboxylic acids is 5. The molecule has 2 aromatic carbocycles. The Labute approximate surface area is 393 Å². The second-order valence-corrected chi connectivity index (χ2v) is 18.9. The Bertz CT molecular complexity index is 2510. The van der Waals surface area contributed by atoms with Crippen LogP contribution < -0.4 is 30.7 Å². The van der Waals surface area contributed by atoms with Crippen LogP contribution in [0.1, 0.15) is 105 Å². The lowest BCUT2D eigenvalue weighted by molar-refractivity contribution is -0.144. The second kappa shape index (κ2) is 20.9. The number of urea groups is 1. The number of allylic oxidation sites excluding steroid dienone is 2. The second-order valence-electron chi connectivity index (χ2n) is 18.0. The first kappa shape index (κ1) is 47.0. The van der Waals surface area contributed by atoms with Crippen molar-refractivity contribution in [1.82, 2.24) is 35.7 Å². The van der Waals surface area contributed by atoms with Crippen molar-refractivity contribution in [2.75, 3.05) is 25.5 Å². The zero-order chi connectivity index (χ0) is 47.2. The molecule has 1 saturated heterocycles. The van der Waals surface area contributed by atoms with E-state index in [2.05, 4.69) is 21.3 Å². The van der Waals surface area contributed by atoms with Crippen molar-refractivity contribution in [1.29, 1.82) is 0 Å². The van der Waals surface area contributed by atoms with Gasteiger partial charge in [-0.1, -0.05) is 43.5 Å². The number of hydrogen-bond donors (Lipinski definition) is 5. The van der Waals surface area contributed by atoms with Gasteiger partial charge in [-0.15, -0.1) is 11.3 Å². The fraction of sp³-hybridized carbons (Fsp3) is 0.469. The predicted molar refractivity (Wildman–Crippen MR) is 252 cm³/mol. The Morgan fingerprint density at radius 3 is 2.37 bits per heavy atom. The Morgan fingerprint density at radius 2 is 1.67 bits per heavy atom. The third-order valence-electron chi connectivity index (χ3n) is 13.0. The van der Waals surface area contributed by atoms with Crippen LogP contribution in [0.5, 0.6) is 11.5 Å². The van der Waals surface area contributed by atoms with Gasteiger partial charge in [0.1, 0.15) is 41.4 Å². The van der Waals surface area contributed by atoms with Crippen LogP contribution in [-0.4, -0.2) is 117 Å². The number of ether oxygens (including phenoxy) is 2. The first-order chi connectivity index (χ1) is 32.4. The molecule has 0 bridgehead atoms. The van der Waals surface area contributed by atoms with E-state index in [1.165, 1.54) is 21.1 Å². The number of benzene rings is 2. The molecule has 4 aliphatic rings. The van der Waals surface area contributed by atoms with Crippen LogP contribution in [0.4, 0.5) is 9.93 Å². The van der Waals surface area contributed by atoms with Gasteiger partial charge in [-0.2, -0.15) is 0 Å². The van der Waals surface area contributed by atoms with Crippen molar-refractivity contribution in [3.63, 3.8) is 0 Å². The maximum absolute atomic E-state index is 15.0. The number of rotatable bonds is 12. The van der Waals surface area contributed by atoms with Gasteiger partial charge in [0.05, 0.1) is 42.0 Å². The predicted octanol–water partition coefficient (Wildman–Crippen LogP) is 6.54. The highest BCUT2D eigenvalue weighted by Crippen LogP contribution is 2.36. The molecule has 4 aromatic rings. The normalized spacial score (nSPS) is 22.2. The van der Waals surface area contributed by atoms with Gasteiger partial charge in [0.25, 0.3) is 11.8 Å². The van der Waals surface area contributed by atoms with E-state index in [0.29, 0.717) is 57.8 Å². The standard InChI is InChI=1S/C49H58N8O9S/c1-28(2)50-49-55-40(27-67-49)38-24-42(34-21-20-30(65-3)22-37(34)51-38)66-31-23-41-43(58)52-36(47(62)63)19-10-8-6-4-5-7-9-18-35(46(61)56(41)25-31)53-48(64)54-39(29-14-13-15-29)26-57-44(59)32-16-11-12-17-33(32)45(57)60/h6,8,11-12,16-17,20-22,24,27-29,31,35-36,39,41H,4-5,7,9-10,13-15,18-19,23,25-26H2,1-3H3,(H,50,55)(H,52,58)(H,62,63)(H2,53,54,64)/t31-,35+,36+,39-,41+/m1/s1. The number of carboxylic acid groups (broad SMARTS) is 1. The van der Waals surface area contributed by atoms with Gasteiger partial charge in [-0.25, -0.2) is 19.6 Å². The highest BCUT2D eigenvalue weighted by atomic mass is 32.1. The summed E-state index contributed by atoms with van der Waals surface area (Å²) in [5.41, 5.74) is 2.38. The van der Waals surface area contributed by atoms with Crippen molar-refractivity contribution in [3.8, 4) is 22.9 Å². The lowest BCUT2D eigenvalue weighted by Gasteiger charge is -2.36. The summed E-state index contributed by atoms with van der Waals surface area (Å²) in [7, 11) is 1.57. The molecular formula is C49H58N8O9S. The van der Waals surface area contributed by atoms with Crippen LogP contribution in [0.2, 0.25) is 0 Å². The average molecular weight is 935 g/mol. The maximum atomic E-state index is 15.0. The molecule has 5 heterocycles.